The molecule has 0 unspecified atom stereocenters. The number of carbonyl (C=O) groups excluding carboxylic acids is 1. The molecule has 1 aromatic rings. The predicted octanol–water partition coefficient (Wildman–Crippen LogP) is 4.78. The number of rotatable bonds is 8. The molecule has 94 valence electrons. The number of nitrogens with zero attached hydrogens (tertiary/aromatic N) is 1. The second kappa shape index (κ2) is 8.40. The Bertz CT molecular complexity index is 352. The van der Waals surface area contributed by atoms with Gasteiger partial charge in [0, 0.05) is 28.9 Å². The van der Waals surface area contributed by atoms with Crippen molar-refractivity contribution in [2.75, 3.05) is 0 Å². The van der Waals surface area contributed by atoms with Crippen molar-refractivity contribution in [1.82, 2.24) is 4.98 Å². The molecule has 0 atom stereocenters. The zero-order valence-electron chi connectivity index (χ0n) is 10.4. The van der Waals surface area contributed by atoms with Crippen LogP contribution in [0.25, 0.3) is 0 Å². The lowest BCUT2D eigenvalue weighted by Gasteiger charge is -2.01. The van der Waals surface area contributed by atoms with Crippen molar-refractivity contribution in [2.45, 2.75) is 51.9 Å². The Hall–Kier alpha value is -0.700. The number of hydrogen-bond acceptors (Lipinski definition) is 2. The van der Waals surface area contributed by atoms with Gasteiger partial charge in [0.05, 0.1) is 0 Å². The van der Waals surface area contributed by atoms with E-state index in [9.17, 15) is 4.79 Å². The fourth-order valence-corrected chi connectivity index (χ4v) is 2.14. The average Bonchev–Trinajstić information content (AvgIpc) is 2.33. The lowest BCUT2D eigenvalue weighted by Crippen LogP contribution is -1.99. The first-order valence-corrected chi connectivity index (χ1v) is 7.17. The quantitative estimate of drug-likeness (QED) is 0.511. The number of halogens is 1. The van der Waals surface area contributed by atoms with Crippen LogP contribution in [0.15, 0.2) is 22.9 Å². The number of pyridine rings is 1. The van der Waals surface area contributed by atoms with Crippen LogP contribution in [0.1, 0.15) is 62.2 Å². The van der Waals surface area contributed by atoms with Crippen LogP contribution in [0.2, 0.25) is 0 Å². The summed E-state index contributed by atoms with van der Waals surface area (Å²) in [6.07, 6.45) is 11.3. The minimum Gasteiger partial charge on any atom is -0.294 e. The molecule has 1 aromatic heterocycles. The maximum atomic E-state index is 11.8. The molecule has 17 heavy (non-hydrogen) atoms. The number of Topliss-reactive ketones (excluding diaryl/α,β-unsaturated/α-hetero) is 1. The van der Waals surface area contributed by atoms with Crippen LogP contribution < -0.4 is 0 Å². The van der Waals surface area contributed by atoms with E-state index in [0.717, 1.165) is 17.3 Å². The second-order valence-corrected chi connectivity index (χ2v) is 5.25. The minimum atomic E-state index is 0.203. The van der Waals surface area contributed by atoms with E-state index in [1.807, 2.05) is 6.07 Å². The van der Waals surface area contributed by atoms with Crippen LogP contribution >= 0.6 is 15.9 Å². The van der Waals surface area contributed by atoms with Crippen molar-refractivity contribution >= 4 is 21.7 Å². The summed E-state index contributed by atoms with van der Waals surface area (Å²) in [7, 11) is 0. The monoisotopic (exact) mass is 297 g/mol. The highest BCUT2D eigenvalue weighted by Crippen LogP contribution is 2.13. The molecule has 0 bridgehead atoms. The van der Waals surface area contributed by atoms with Crippen molar-refractivity contribution in [2.24, 2.45) is 0 Å². The lowest BCUT2D eigenvalue weighted by molar-refractivity contribution is 0.0978. The fourth-order valence-electron chi connectivity index (χ4n) is 1.77. The molecule has 0 radical (unpaired) electrons. The molecule has 3 heteroatoms. The first-order valence-electron chi connectivity index (χ1n) is 6.37. The highest BCUT2D eigenvalue weighted by atomic mass is 79.9. The van der Waals surface area contributed by atoms with E-state index in [1.165, 1.54) is 25.7 Å². The predicted molar refractivity (Wildman–Crippen MR) is 74.3 cm³/mol. The third-order valence-corrected chi connectivity index (χ3v) is 3.22. The van der Waals surface area contributed by atoms with Crippen molar-refractivity contribution in [3.05, 3.63) is 28.5 Å². The smallest absolute Gasteiger partial charge is 0.164 e. The number of aromatic nitrogens is 1. The van der Waals surface area contributed by atoms with Gasteiger partial charge < -0.3 is 0 Å². The second-order valence-electron chi connectivity index (χ2n) is 4.33. The molecule has 0 saturated carbocycles. The van der Waals surface area contributed by atoms with Crippen LogP contribution in [0.4, 0.5) is 0 Å². The standard InChI is InChI=1S/C14H20BrNO/c1-2-3-4-5-6-7-8-14(17)12-9-13(15)11-16-10-12/h9-11H,2-8H2,1H3. The maximum Gasteiger partial charge on any atom is 0.164 e. The first kappa shape index (κ1) is 14.4. The normalized spacial score (nSPS) is 10.5. The van der Waals surface area contributed by atoms with Crippen molar-refractivity contribution in [3.8, 4) is 0 Å². The molecule has 0 aliphatic heterocycles. The van der Waals surface area contributed by atoms with E-state index in [0.29, 0.717) is 12.0 Å². The summed E-state index contributed by atoms with van der Waals surface area (Å²) in [5.41, 5.74) is 0.716. The maximum absolute atomic E-state index is 11.8. The first-order chi connectivity index (χ1) is 8.24. The molecular formula is C14H20BrNO. The summed E-state index contributed by atoms with van der Waals surface area (Å²) in [5, 5.41) is 0. The summed E-state index contributed by atoms with van der Waals surface area (Å²) in [6.45, 7) is 2.21. The molecule has 2 nitrogen and oxygen atoms in total. The Kier molecular flexibility index (Phi) is 7.10. The van der Waals surface area contributed by atoms with E-state index >= 15 is 0 Å². The Morgan fingerprint density at radius 2 is 1.88 bits per heavy atom. The number of ketones is 1. The fraction of sp³-hybridized carbons (Fsp3) is 0.571. The molecule has 0 aliphatic rings. The third kappa shape index (κ3) is 5.97. The summed E-state index contributed by atoms with van der Waals surface area (Å²) in [5.74, 6) is 0.203. The summed E-state index contributed by atoms with van der Waals surface area (Å²) in [4.78, 5) is 15.8. The molecule has 0 aromatic carbocycles. The zero-order valence-corrected chi connectivity index (χ0v) is 12.0. The highest BCUT2D eigenvalue weighted by Gasteiger charge is 2.06. The molecule has 0 fully saturated rings. The van der Waals surface area contributed by atoms with E-state index < -0.39 is 0 Å². The molecular weight excluding hydrogens is 278 g/mol. The van der Waals surface area contributed by atoms with Gasteiger partial charge in [0.25, 0.3) is 0 Å². The molecule has 1 rings (SSSR count). The number of carbonyl (C=O) groups is 1. The van der Waals surface area contributed by atoms with Gasteiger partial charge in [-0.2, -0.15) is 0 Å². The molecule has 0 spiro atoms. The Balaban J connectivity index is 2.21. The van der Waals surface area contributed by atoms with Gasteiger partial charge in [-0.25, -0.2) is 0 Å². The van der Waals surface area contributed by atoms with Crippen LogP contribution in [0, 0.1) is 0 Å². The van der Waals surface area contributed by atoms with Gasteiger partial charge in [-0.15, -0.1) is 0 Å². The van der Waals surface area contributed by atoms with Gasteiger partial charge in [-0.05, 0) is 28.4 Å². The molecule has 0 saturated heterocycles. The van der Waals surface area contributed by atoms with Crippen LogP contribution in [0.3, 0.4) is 0 Å². The Morgan fingerprint density at radius 1 is 1.18 bits per heavy atom. The van der Waals surface area contributed by atoms with E-state index in [1.54, 1.807) is 12.4 Å². The SMILES string of the molecule is CCCCCCCCC(=O)c1cncc(Br)c1. The number of hydrogen-bond donors (Lipinski definition) is 0. The molecule has 0 N–H and O–H groups in total. The topological polar surface area (TPSA) is 30.0 Å². The van der Waals surface area contributed by atoms with Crippen LogP contribution in [-0.4, -0.2) is 10.8 Å². The highest BCUT2D eigenvalue weighted by molar-refractivity contribution is 9.10. The Labute approximate surface area is 112 Å². The van der Waals surface area contributed by atoms with Gasteiger partial charge >= 0.3 is 0 Å². The van der Waals surface area contributed by atoms with Gasteiger partial charge in [0.15, 0.2) is 5.78 Å². The molecule has 0 amide bonds. The molecule has 1 heterocycles. The zero-order chi connectivity index (χ0) is 12.5. The van der Waals surface area contributed by atoms with Gasteiger partial charge in [0.1, 0.15) is 0 Å². The number of unbranched alkanes of at least 4 members (excludes halogenated alkanes) is 5. The summed E-state index contributed by atoms with van der Waals surface area (Å²) >= 11 is 3.33. The lowest BCUT2D eigenvalue weighted by atomic mass is 10.0. The van der Waals surface area contributed by atoms with Crippen molar-refractivity contribution in [3.63, 3.8) is 0 Å². The minimum absolute atomic E-state index is 0.203. The third-order valence-electron chi connectivity index (χ3n) is 2.78. The van der Waals surface area contributed by atoms with Crippen molar-refractivity contribution in [1.29, 1.82) is 0 Å². The van der Waals surface area contributed by atoms with Gasteiger partial charge in [-0.1, -0.05) is 39.0 Å². The van der Waals surface area contributed by atoms with Gasteiger partial charge in [0.2, 0.25) is 0 Å². The van der Waals surface area contributed by atoms with Crippen molar-refractivity contribution < 1.29 is 4.79 Å². The van der Waals surface area contributed by atoms with E-state index in [4.69, 9.17) is 0 Å². The van der Waals surface area contributed by atoms with Crippen LogP contribution in [0.5, 0.6) is 0 Å². The summed E-state index contributed by atoms with van der Waals surface area (Å²) in [6, 6.07) is 1.84. The average molecular weight is 298 g/mol. The largest absolute Gasteiger partial charge is 0.294 e. The summed E-state index contributed by atoms with van der Waals surface area (Å²) < 4.78 is 0.867. The van der Waals surface area contributed by atoms with Gasteiger partial charge in [-0.3, -0.25) is 9.78 Å². The van der Waals surface area contributed by atoms with E-state index in [2.05, 4.69) is 27.8 Å². The van der Waals surface area contributed by atoms with Crippen LogP contribution in [-0.2, 0) is 0 Å². The molecule has 0 aliphatic carbocycles. The Morgan fingerprint density at radius 3 is 2.59 bits per heavy atom. The van der Waals surface area contributed by atoms with E-state index in [-0.39, 0.29) is 5.78 Å².